The minimum atomic E-state index is 0.975. The fraction of sp³-hybridized carbons (Fsp3) is 1.00. The van der Waals surface area contributed by atoms with E-state index in [0.717, 1.165) is 94.7 Å². The second-order valence-electron chi connectivity index (χ2n) is 20.1. The zero-order valence-corrected chi connectivity index (χ0v) is 34.3. The van der Waals surface area contributed by atoms with Crippen LogP contribution in [0.25, 0.3) is 0 Å². The Balaban J connectivity index is 0.00000205. The molecule has 0 nitrogen and oxygen atoms in total. The summed E-state index contributed by atoms with van der Waals surface area (Å²) in [7, 11) is 0. The van der Waals surface area contributed by atoms with Gasteiger partial charge in [-0.3, -0.25) is 0 Å². The van der Waals surface area contributed by atoms with Crippen molar-refractivity contribution in [3.05, 3.63) is 0 Å². The summed E-state index contributed by atoms with van der Waals surface area (Å²) in [4.78, 5) is 0. The molecule has 0 aromatic heterocycles. The molecular weight excluding hydrogens is 589 g/mol. The summed E-state index contributed by atoms with van der Waals surface area (Å²) in [6.07, 6.45) is 42.2. The van der Waals surface area contributed by atoms with E-state index in [2.05, 4.69) is 27.7 Å². The summed E-state index contributed by atoms with van der Waals surface area (Å²) in [6, 6.07) is 0. The molecule has 49 heavy (non-hydrogen) atoms. The maximum atomic E-state index is 2.72. The molecule has 0 bridgehead atoms. The van der Waals surface area contributed by atoms with Gasteiger partial charge in [0.05, 0.1) is 0 Å². The summed E-state index contributed by atoms with van der Waals surface area (Å²) in [5.74, 6) is 17.1. The van der Waals surface area contributed by atoms with Crippen LogP contribution in [0, 0.1) is 94.7 Å². The van der Waals surface area contributed by atoms with Crippen LogP contribution in [0.15, 0.2) is 0 Å². The Kier molecular flexibility index (Phi) is 14.9. The van der Waals surface area contributed by atoms with E-state index in [1.165, 1.54) is 51.4 Å². The van der Waals surface area contributed by atoms with Crippen molar-refractivity contribution in [1.82, 2.24) is 0 Å². The van der Waals surface area contributed by atoms with Gasteiger partial charge in [-0.15, -0.1) is 0 Å². The lowest BCUT2D eigenvalue weighted by Gasteiger charge is -2.62. The van der Waals surface area contributed by atoms with Gasteiger partial charge in [-0.25, -0.2) is 0 Å². The van der Waals surface area contributed by atoms with Crippen LogP contribution in [0.2, 0.25) is 0 Å². The van der Waals surface area contributed by atoms with Crippen LogP contribution in [-0.2, 0) is 0 Å². The van der Waals surface area contributed by atoms with Crippen molar-refractivity contribution in [2.45, 2.75) is 215 Å². The van der Waals surface area contributed by atoms with Crippen molar-refractivity contribution >= 4 is 0 Å². The molecule has 14 atom stereocenters. The minimum absolute atomic E-state index is 0.975. The Labute approximate surface area is 308 Å². The van der Waals surface area contributed by atoms with E-state index in [9.17, 15) is 0 Å². The Bertz CT molecular complexity index is 910. The van der Waals surface area contributed by atoms with Crippen molar-refractivity contribution in [3.8, 4) is 0 Å². The molecule has 284 valence electrons. The average Bonchev–Trinajstić information content (AvgIpc) is 3.13. The molecule has 0 heterocycles. The fourth-order valence-corrected chi connectivity index (χ4v) is 16.3. The molecule has 7 fully saturated rings. The van der Waals surface area contributed by atoms with Crippen LogP contribution in [0.5, 0.6) is 0 Å². The van der Waals surface area contributed by atoms with Gasteiger partial charge in [0.15, 0.2) is 0 Å². The van der Waals surface area contributed by atoms with Crippen LogP contribution < -0.4 is 0 Å². The fourth-order valence-electron chi connectivity index (χ4n) is 16.3. The largest absolute Gasteiger partial charge is 0.0683 e. The molecule has 7 aliphatic carbocycles. The number of fused-ring (bicyclic) bond motifs is 5. The van der Waals surface area contributed by atoms with Crippen molar-refractivity contribution in [2.75, 3.05) is 0 Å². The van der Waals surface area contributed by atoms with Crippen LogP contribution in [0.1, 0.15) is 215 Å². The molecule has 7 saturated carbocycles. The van der Waals surface area contributed by atoms with E-state index in [0.29, 0.717) is 0 Å². The average molecular weight is 677 g/mol. The number of unbranched alkanes of at least 4 members (excludes halogenated alkanes) is 1. The summed E-state index contributed by atoms with van der Waals surface area (Å²) in [5, 5.41) is 0. The van der Waals surface area contributed by atoms with Crippen molar-refractivity contribution < 1.29 is 0 Å². The Morgan fingerprint density at radius 3 is 1.59 bits per heavy atom. The minimum Gasteiger partial charge on any atom is -0.0683 e. The van der Waals surface area contributed by atoms with E-state index >= 15 is 0 Å². The molecule has 0 heteroatoms. The normalized spacial score (nSPS) is 45.4. The van der Waals surface area contributed by atoms with Crippen LogP contribution in [0.3, 0.4) is 0 Å². The van der Waals surface area contributed by atoms with E-state index in [4.69, 9.17) is 0 Å². The Morgan fingerprint density at radius 1 is 0.429 bits per heavy atom. The molecule has 0 aromatic rings. The van der Waals surface area contributed by atoms with E-state index in [1.807, 2.05) is 13.8 Å². The SMILES string of the molecule is CC.CCCCC(C1CCC2C(C)CC3CCCCC3C2C1)C1C2CCCCC2C(C(CCC)C2CCCCCCC2C)C2CCCCC21. The molecule has 7 rings (SSSR count). The number of rotatable bonds is 9. The monoisotopic (exact) mass is 677 g/mol. The zero-order valence-electron chi connectivity index (χ0n) is 34.3. The summed E-state index contributed by atoms with van der Waals surface area (Å²) < 4.78 is 0. The first-order chi connectivity index (χ1) is 24.1. The standard InChI is InChI=1S/C47H82.C2H6/c1-5-7-21-39(35-28-29-37-33(4)30-34-20-12-13-23-38(34)45(37)31-35)46-41-24-14-16-26-43(41)47(44-27-17-15-25-42(44)46)40(18-6-2)36-22-11-9-8-10-19-32(36)3;1-2/h32-47H,5-31H2,1-4H3;1-2H3. The molecule has 14 unspecified atom stereocenters. The second kappa shape index (κ2) is 18.9. The summed E-state index contributed by atoms with van der Waals surface area (Å²) in [6.45, 7) is 14.5. The molecule has 0 saturated heterocycles. The van der Waals surface area contributed by atoms with E-state index in [-0.39, 0.29) is 0 Å². The molecule has 0 spiro atoms. The summed E-state index contributed by atoms with van der Waals surface area (Å²) >= 11 is 0. The quantitative estimate of drug-likeness (QED) is 0.228. The molecule has 0 radical (unpaired) electrons. The van der Waals surface area contributed by atoms with Gasteiger partial charge < -0.3 is 0 Å². The van der Waals surface area contributed by atoms with Gasteiger partial charge in [-0.2, -0.15) is 0 Å². The summed E-state index contributed by atoms with van der Waals surface area (Å²) in [5.41, 5.74) is 0. The number of hydrogen-bond donors (Lipinski definition) is 0. The number of hydrogen-bond acceptors (Lipinski definition) is 0. The van der Waals surface area contributed by atoms with Crippen molar-refractivity contribution in [1.29, 1.82) is 0 Å². The van der Waals surface area contributed by atoms with Crippen LogP contribution in [0.4, 0.5) is 0 Å². The van der Waals surface area contributed by atoms with E-state index in [1.54, 1.807) is 122 Å². The maximum absolute atomic E-state index is 2.72. The van der Waals surface area contributed by atoms with Gasteiger partial charge in [0, 0.05) is 0 Å². The Hall–Kier alpha value is 0. The Morgan fingerprint density at radius 2 is 0.980 bits per heavy atom. The molecule has 0 N–H and O–H groups in total. The molecule has 0 amide bonds. The van der Waals surface area contributed by atoms with Gasteiger partial charge in [0.2, 0.25) is 0 Å². The van der Waals surface area contributed by atoms with Gasteiger partial charge in [0.1, 0.15) is 0 Å². The van der Waals surface area contributed by atoms with Crippen molar-refractivity contribution in [2.24, 2.45) is 94.7 Å². The third-order valence-electron chi connectivity index (χ3n) is 18.0. The van der Waals surface area contributed by atoms with Gasteiger partial charge in [-0.05, 0) is 165 Å². The highest BCUT2D eigenvalue weighted by molar-refractivity contribution is 5.06. The molecular formula is C49H88. The first-order valence-corrected chi connectivity index (χ1v) is 24.1. The predicted molar refractivity (Wildman–Crippen MR) is 215 cm³/mol. The van der Waals surface area contributed by atoms with Gasteiger partial charge in [0.25, 0.3) is 0 Å². The first-order valence-electron chi connectivity index (χ1n) is 24.1. The second-order valence-corrected chi connectivity index (χ2v) is 20.1. The maximum Gasteiger partial charge on any atom is -0.0321 e. The lowest BCUT2D eigenvalue weighted by atomic mass is 9.43. The molecule has 7 aliphatic rings. The smallest absolute Gasteiger partial charge is 0.0321 e. The van der Waals surface area contributed by atoms with Gasteiger partial charge >= 0.3 is 0 Å². The van der Waals surface area contributed by atoms with Gasteiger partial charge in [-0.1, -0.05) is 144 Å². The lowest BCUT2D eigenvalue weighted by Crippen LogP contribution is -2.55. The van der Waals surface area contributed by atoms with Crippen molar-refractivity contribution in [3.63, 3.8) is 0 Å². The highest BCUT2D eigenvalue weighted by Gasteiger charge is 2.57. The zero-order chi connectivity index (χ0) is 34.3. The topological polar surface area (TPSA) is 0 Å². The van der Waals surface area contributed by atoms with Crippen LogP contribution >= 0.6 is 0 Å². The molecule has 0 aliphatic heterocycles. The highest BCUT2D eigenvalue weighted by Crippen LogP contribution is 2.64. The molecule has 0 aromatic carbocycles. The lowest BCUT2D eigenvalue weighted by molar-refractivity contribution is -0.133. The van der Waals surface area contributed by atoms with E-state index < -0.39 is 0 Å². The predicted octanol–water partition coefficient (Wildman–Crippen LogP) is 15.6. The third kappa shape index (κ3) is 8.39. The third-order valence-corrected chi connectivity index (χ3v) is 18.0. The van der Waals surface area contributed by atoms with Crippen LogP contribution in [-0.4, -0.2) is 0 Å². The first kappa shape index (κ1) is 38.7. The highest BCUT2D eigenvalue weighted by atomic mass is 14.6.